The molecule has 0 aromatic carbocycles. The number of hydrogen-bond acceptors (Lipinski definition) is 4. The lowest BCUT2D eigenvalue weighted by Gasteiger charge is -2.11. The van der Waals surface area contributed by atoms with Crippen LogP contribution in [0.25, 0.3) is 0 Å². The molecule has 1 aromatic rings. The van der Waals surface area contributed by atoms with Crippen molar-refractivity contribution < 1.29 is 0 Å². The van der Waals surface area contributed by atoms with Crippen molar-refractivity contribution in [2.24, 2.45) is 0 Å². The molecule has 0 bridgehead atoms. The largest absolute Gasteiger partial charge is 0.370 e. The van der Waals surface area contributed by atoms with Crippen LogP contribution < -0.4 is 11.1 Å². The number of unbranched alkanes of at least 4 members (excludes halogenated alkanes) is 2. The fourth-order valence-electron chi connectivity index (χ4n) is 2.01. The van der Waals surface area contributed by atoms with Gasteiger partial charge in [-0.25, -0.2) is 4.98 Å². The number of rotatable bonds is 10. The topological polar surface area (TPSA) is 63.8 Å². The van der Waals surface area contributed by atoms with Crippen LogP contribution in [-0.2, 0) is 6.42 Å². The third-order valence-corrected chi connectivity index (χ3v) is 3.43. The number of aromatic nitrogens is 2. The van der Waals surface area contributed by atoms with Gasteiger partial charge in [0.25, 0.3) is 0 Å². The number of allylic oxidation sites excluding steroid dienone is 1. The molecular formula is C16H28N4. The lowest BCUT2D eigenvalue weighted by atomic mass is 10.0. The summed E-state index contributed by atoms with van der Waals surface area (Å²) in [6.45, 7) is 9.32. The zero-order valence-electron chi connectivity index (χ0n) is 12.9. The van der Waals surface area contributed by atoms with Crippen LogP contribution in [0.4, 0.5) is 11.8 Å². The molecule has 4 heteroatoms. The SMILES string of the molecule is C=C(CC)CCCCc1cnc(N)nc1NCCCC. The van der Waals surface area contributed by atoms with Crippen molar-refractivity contribution in [1.82, 2.24) is 9.97 Å². The van der Waals surface area contributed by atoms with E-state index in [0.717, 1.165) is 50.0 Å². The number of nitrogens with two attached hydrogens (primary N) is 1. The van der Waals surface area contributed by atoms with E-state index in [4.69, 9.17) is 5.73 Å². The molecule has 0 spiro atoms. The number of anilines is 2. The van der Waals surface area contributed by atoms with Gasteiger partial charge in [0.15, 0.2) is 0 Å². The predicted molar refractivity (Wildman–Crippen MR) is 86.8 cm³/mol. The first-order chi connectivity index (χ1) is 9.67. The minimum absolute atomic E-state index is 0.340. The van der Waals surface area contributed by atoms with E-state index in [1.165, 1.54) is 18.4 Å². The monoisotopic (exact) mass is 276 g/mol. The van der Waals surface area contributed by atoms with Gasteiger partial charge in [-0.2, -0.15) is 4.98 Å². The van der Waals surface area contributed by atoms with Crippen molar-refractivity contribution in [3.8, 4) is 0 Å². The molecule has 0 aliphatic rings. The minimum atomic E-state index is 0.340. The van der Waals surface area contributed by atoms with Crippen molar-refractivity contribution in [2.75, 3.05) is 17.6 Å². The van der Waals surface area contributed by atoms with E-state index in [1.807, 2.05) is 6.20 Å². The molecular weight excluding hydrogens is 248 g/mol. The summed E-state index contributed by atoms with van der Waals surface area (Å²) in [4.78, 5) is 8.42. The van der Waals surface area contributed by atoms with Crippen molar-refractivity contribution >= 4 is 11.8 Å². The Bertz CT molecular complexity index is 415. The maximum absolute atomic E-state index is 5.67. The molecule has 1 aromatic heterocycles. The Balaban J connectivity index is 2.48. The third-order valence-electron chi connectivity index (χ3n) is 3.43. The first-order valence-electron chi connectivity index (χ1n) is 7.69. The zero-order chi connectivity index (χ0) is 14.8. The molecule has 0 saturated carbocycles. The van der Waals surface area contributed by atoms with Crippen LogP contribution in [-0.4, -0.2) is 16.5 Å². The van der Waals surface area contributed by atoms with E-state index in [-0.39, 0.29) is 0 Å². The van der Waals surface area contributed by atoms with Gasteiger partial charge in [-0.3, -0.25) is 0 Å². The summed E-state index contributed by atoms with van der Waals surface area (Å²) in [5.74, 6) is 1.24. The summed E-state index contributed by atoms with van der Waals surface area (Å²) in [5.41, 5.74) is 8.17. The molecule has 0 saturated heterocycles. The molecule has 0 amide bonds. The Morgan fingerprint density at radius 3 is 2.80 bits per heavy atom. The van der Waals surface area contributed by atoms with Crippen molar-refractivity contribution in [1.29, 1.82) is 0 Å². The maximum atomic E-state index is 5.67. The molecule has 3 N–H and O–H groups in total. The van der Waals surface area contributed by atoms with Crippen LogP contribution in [0.15, 0.2) is 18.3 Å². The van der Waals surface area contributed by atoms with Gasteiger partial charge in [-0.1, -0.05) is 32.4 Å². The highest BCUT2D eigenvalue weighted by atomic mass is 15.1. The van der Waals surface area contributed by atoms with Crippen LogP contribution in [0.5, 0.6) is 0 Å². The van der Waals surface area contributed by atoms with Crippen LogP contribution in [0.1, 0.15) is 57.9 Å². The van der Waals surface area contributed by atoms with Gasteiger partial charge in [0.05, 0.1) is 0 Å². The average molecular weight is 276 g/mol. The highest BCUT2D eigenvalue weighted by Crippen LogP contribution is 2.17. The second-order valence-electron chi connectivity index (χ2n) is 5.19. The van der Waals surface area contributed by atoms with Gasteiger partial charge in [-0.15, -0.1) is 0 Å². The Morgan fingerprint density at radius 2 is 2.10 bits per heavy atom. The normalized spacial score (nSPS) is 10.5. The zero-order valence-corrected chi connectivity index (χ0v) is 12.9. The van der Waals surface area contributed by atoms with Gasteiger partial charge >= 0.3 is 0 Å². The Labute approximate surface area is 122 Å². The quantitative estimate of drug-likeness (QED) is 0.501. The minimum Gasteiger partial charge on any atom is -0.370 e. The van der Waals surface area contributed by atoms with Gasteiger partial charge < -0.3 is 11.1 Å². The first-order valence-corrected chi connectivity index (χ1v) is 7.69. The second kappa shape index (κ2) is 9.34. The van der Waals surface area contributed by atoms with Gasteiger partial charge in [0, 0.05) is 18.3 Å². The summed E-state index contributed by atoms with van der Waals surface area (Å²) in [6, 6.07) is 0. The number of nitrogen functional groups attached to an aromatic ring is 1. The Kier molecular flexibility index (Phi) is 7.70. The molecule has 0 atom stereocenters. The van der Waals surface area contributed by atoms with E-state index in [0.29, 0.717) is 5.95 Å². The molecule has 1 rings (SSSR count). The highest BCUT2D eigenvalue weighted by Gasteiger charge is 2.05. The summed E-state index contributed by atoms with van der Waals surface area (Å²) < 4.78 is 0. The number of hydrogen-bond donors (Lipinski definition) is 2. The van der Waals surface area contributed by atoms with E-state index in [1.54, 1.807) is 0 Å². The number of nitrogens with one attached hydrogen (secondary N) is 1. The van der Waals surface area contributed by atoms with E-state index in [2.05, 4.69) is 35.7 Å². The van der Waals surface area contributed by atoms with Crippen molar-refractivity contribution in [3.63, 3.8) is 0 Å². The summed E-state index contributed by atoms with van der Waals surface area (Å²) in [6.07, 6.45) is 9.65. The highest BCUT2D eigenvalue weighted by molar-refractivity contribution is 5.46. The van der Waals surface area contributed by atoms with E-state index < -0.39 is 0 Å². The van der Waals surface area contributed by atoms with Crippen LogP contribution in [0, 0.1) is 0 Å². The van der Waals surface area contributed by atoms with Gasteiger partial charge in [0.1, 0.15) is 5.82 Å². The first kappa shape index (κ1) is 16.5. The molecule has 20 heavy (non-hydrogen) atoms. The lowest BCUT2D eigenvalue weighted by Crippen LogP contribution is -2.09. The van der Waals surface area contributed by atoms with Gasteiger partial charge in [0.2, 0.25) is 5.95 Å². The molecule has 0 radical (unpaired) electrons. The standard InChI is InChI=1S/C16H28N4/c1-4-6-11-18-15-14(12-19-16(17)20-15)10-8-7-9-13(3)5-2/h12H,3-11H2,1-2H3,(H3,17,18,19,20). The van der Waals surface area contributed by atoms with Crippen molar-refractivity contribution in [2.45, 2.75) is 58.8 Å². The van der Waals surface area contributed by atoms with E-state index >= 15 is 0 Å². The molecule has 0 aliphatic carbocycles. The third kappa shape index (κ3) is 6.04. The summed E-state index contributed by atoms with van der Waals surface area (Å²) in [7, 11) is 0. The lowest BCUT2D eigenvalue weighted by molar-refractivity contribution is 0.715. The number of aryl methyl sites for hydroxylation is 1. The molecule has 0 fully saturated rings. The fraction of sp³-hybridized carbons (Fsp3) is 0.625. The maximum Gasteiger partial charge on any atom is 0.221 e. The molecule has 0 unspecified atom stereocenters. The van der Waals surface area contributed by atoms with Crippen LogP contribution >= 0.6 is 0 Å². The van der Waals surface area contributed by atoms with E-state index in [9.17, 15) is 0 Å². The predicted octanol–water partition coefficient (Wildman–Crippen LogP) is 3.95. The Morgan fingerprint density at radius 1 is 1.30 bits per heavy atom. The molecule has 1 heterocycles. The van der Waals surface area contributed by atoms with Crippen molar-refractivity contribution in [3.05, 3.63) is 23.9 Å². The average Bonchev–Trinajstić information content (AvgIpc) is 2.45. The van der Waals surface area contributed by atoms with Gasteiger partial charge in [-0.05, 0) is 38.5 Å². The molecule has 112 valence electrons. The Hall–Kier alpha value is -1.58. The second-order valence-corrected chi connectivity index (χ2v) is 5.19. The smallest absolute Gasteiger partial charge is 0.221 e. The summed E-state index contributed by atoms with van der Waals surface area (Å²) >= 11 is 0. The summed E-state index contributed by atoms with van der Waals surface area (Å²) in [5, 5.41) is 3.37. The van der Waals surface area contributed by atoms with Crippen LogP contribution in [0.2, 0.25) is 0 Å². The van der Waals surface area contributed by atoms with Crippen LogP contribution in [0.3, 0.4) is 0 Å². The number of nitrogens with zero attached hydrogens (tertiary/aromatic N) is 2. The molecule has 4 nitrogen and oxygen atoms in total. The fourth-order valence-corrected chi connectivity index (χ4v) is 2.01. The molecule has 0 aliphatic heterocycles.